The van der Waals surface area contributed by atoms with Crippen molar-refractivity contribution < 1.29 is 14.3 Å². The minimum Gasteiger partial charge on any atom is -0.492 e. The van der Waals surface area contributed by atoms with Gasteiger partial charge in [0.25, 0.3) is 0 Å². The molecule has 3 aromatic rings. The van der Waals surface area contributed by atoms with Gasteiger partial charge < -0.3 is 14.8 Å². The van der Waals surface area contributed by atoms with Crippen molar-refractivity contribution in [1.29, 1.82) is 0 Å². The molecule has 1 aliphatic heterocycles. The second-order valence-corrected chi connectivity index (χ2v) is 7.91. The number of nitrogens with one attached hydrogen (secondary N) is 1. The Hall–Kier alpha value is -3.15. The van der Waals surface area contributed by atoms with Gasteiger partial charge >= 0.3 is 0 Å². The van der Waals surface area contributed by atoms with E-state index in [0.717, 1.165) is 61.8 Å². The number of para-hydroxylation sites is 1. The first-order chi connectivity index (χ1) is 15.8. The number of ether oxygens (including phenoxy) is 2. The average molecular weight is 431 g/mol. The molecular formula is C27H30N2O3. The summed E-state index contributed by atoms with van der Waals surface area (Å²) in [4.78, 5) is 14.8. The fraction of sp³-hybridized carbons (Fsp3) is 0.296. The molecule has 0 unspecified atom stereocenters. The van der Waals surface area contributed by atoms with Gasteiger partial charge in [0.05, 0.1) is 26.2 Å². The summed E-state index contributed by atoms with van der Waals surface area (Å²) in [6.45, 7) is 5.03. The molecule has 4 rings (SSSR count). The monoisotopic (exact) mass is 430 g/mol. The standard InChI is InChI=1S/C27H30N2O3/c30-27(15-19-32-26-9-5-4-8-25(26)23-6-2-1-3-7-23)28-24-12-10-22(11-13-24)14-16-29-17-20-31-21-18-29/h1-13H,14-21H2,(H,28,30). The van der Waals surface area contributed by atoms with Gasteiger partial charge in [0.2, 0.25) is 5.91 Å². The van der Waals surface area contributed by atoms with E-state index >= 15 is 0 Å². The first-order valence-electron chi connectivity index (χ1n) is 11.2. The van der Waals surface area contributed by atoms with Crippen molar-refractivity contribution in [2.45, 2.75) is 12.8 Å². The zero-order chi connectivity index (χ0) is 22.0. The lowest BCUT2D eigenvalue weighted by Gasteiger charge is -2.26. The summed E-state index contributed by atoms with van der Waals surface area (Å²) in [6.07, 6.45) is 1.30. The summed E-state index contributed by atoms with van der Waals surface area (Å²) in [6, 6.07) is 26.1. The molecule has 1 N–H and O–H groups in total. The van der Waals surface area contributed by atoms with E-state index in [-0.39, 0.29) is 5.91 Å². The lowest BCUT2D eigenvalue weighted by Crippen LogP contribution is -2.37. The van der Waals surface area contributed by atoms with Crippen molar-refractivity contribution >= 4 is 11.6 Å². The van der Waals surface area contributed by atoms with E-state index in [1.807, 2.05) is 54.6 Å². The summed E-state index contributed by atoms with van der Waals surface area (Å²) >= 11 is 0. The van der Waals surface area contributed by atoms with Gasteiger partial charge in [-0.3, -0.25) is 9.69 Å². The Bertz CT molecular complexity index is 983. The Balaban J connectivity index is 1.22. The number of rotatable bonds is 9. The third-order valence-electron chi connectivity index (χ3n) is 5.62. The average Bonchev–Trinajstić information content (AvgIpc) is 2.85. The third kappa shape index (κ3) is 6.42. The van der Waals surface area contributed by atoms with Gasteiger partial charge in [-0.05, 0) is 35.7 Å². The van der Waals surface area contributed by atoms with Crippen molar-refractivity contribution in [3.63, 3.8) is 0 Å². The molecule has 32 heavy (non-hydrogen) atoms. The number of morpholine rings is 1. The topological polar surface area (TPSA) is 50.8 Å². The maximum absolute atomic E-state index is 12.4. The largest absolute Gasteiger partial charge is 0.492 e. The number of carbonyl (C=O) groups is 1. The van der Waals surface area contributed by atoms with Gasteiger partial charge in [0, 0.05) is 30.9 Å². The molecule has 0 atom stereocenters. The summed E-state index contributed by atoms with van der Waals surface area (Å²) in [5.41, 5.74) is 4.22. The summed E-state index contributed by atoms with van der Waals surface area (Å²) < 4.78 is 11.3. The van der Waals surface area contributed by atoms with Crippen LogP contribution in [0.2, 0.25) is 0 Å². The smallest absolute Gasteiger partial charge is 0.227 e. The molecule has 5 nitrogen and oxygen atoms in total. The lowest BCUT2D eigenvalue weighted by molar-refractivity contribution is -0.116. The molecule has 1 saturated heterocycles. The molecule has 1 heterocycles. The molecule has 0 aromatic heterocycles. The van der Waals surface area contributed by atoms with E-state index in [2.05, 4.69) is 34.5 Å². The van der Waals surface area contributed by atoms with E-state index in [9.17, 15) is 4.79 Å². The van der Waals surface area contributed by atoms with Crippen LogP contribution in [0.15, 0.2) is 78.9 Å². The second-order valence-electron chi connectivity index (χ2n) is 7.91. The minimum atomic E-state index is -0.0525. The highest BCUT2D eigenvalue weighted by molar-refractivity contribution is 5.90. The van der Waals surface area contributed by atoms with Crippen molar-refractivity contribution in [3.8, 4) is 16.9 Å². The molecular weight excluding hydrogens is 400 g/mol. The van der Waals surface area contributed by atoms with Crippen LogP contribution in [0, 0.1) is 0 Å². The van der Waals surface area contributed by atoms with Crippen LogP contribution in [0.3, 0.4) is 0 Å². The zero-order valence-electron chi connectivity index (χ0n) is 18.3. The van der Waals surface area contributed by atoms with Crippen molar-refractivity contribution in [3.05, 3.63) is 84.4 Å². The summed E-state index contributed by atoms with van der Waals surface area (Å²) in [7, 11) is 0. The fourth-order valence-corrected chi connectivity index (χ4v) is 3.79. The maximum Gasteiger partial charge on any atom is 0.227 e. The lowest BCUT2D eigenvalue weighted by atomic mass is 10.1. The van der Waals surface area contributed by atoms with Crippen LogP contribution in [0.4, 0.5) is 5.69 Å². The van der Waals surface area contributed by atoms with Gasteiger partial charge in [0.1, 0.15) is 5.75 Å². The Kier molecular flexibility index (Phi) is 7.90. The summed E-state index contributed by atoms with van der Waals surface area (Å²) in [5, 5.41) is 2.96. The second kappa shape index (κ2) is 11.5. The zero-order valence-corrected chi connectivity index (χ0v) is 18.3. The van der Waals surface area contributed by atoms with Crippen LogP contribution in [0.25, 0.3) is 11.1 Å². The number of benzene rings is 3. The number of hydrogen-bond donors (Lipinski definition) is 1. The highest BCUT2D eigenvalue weighted by atomic mass is 16.5. The first kappa shape index (κ1) is 22.1. The van der Waals surface area contributed by atoms with E-state index < -0.39 is 0 Å². The van der Waals surface area contributed by atoms with Crippen molar-refractivity contribution in [2.24, 2.45) is 0 Å². The number of nitrogens with zero attached hydrogens (tertiary/aromatic N) is 1. The molecule has 0 spiro atoms. The molecule has 0 bridgehead atoms. The molecule has 0 saturated carbocycles. The van der Waals surface area contributed by atoms with Gasteiger partial charge in [-0.25, -0.2) is 0 Å². The minimum absolute atomic E-state index is 0.0525. The maximum atomic E-state index is 12.4. The number of hydrogen-bond acceptors (Lipinski definition) is 4. The predicted molar refractivity (Wildman–Crippen MR) is 128 cm³/mol. The van der Waals surface area contributed by atoms with Gasteiger partial charge in [0.15, 0.2) is 0 Å². The van der Waals surface area contributed by atoms with Crippen molar-refractivity contribution in [2.75, 3.05) is 44.8 Å². The van der Waals surface area contributed by atoms with Crippen LogP contribution < -0.4 is 10.1 Å². The Morgan fingerprint density at radius 2 is 1.62 bits per heavy atom. The van der Waals surface area contributed by atoms with Crippen LogP contribution in [0.1, 0.15) is 12.0 Å². The molecule has 0 radical (unpaired) electrons. The number of carbonyl (C=O) groups excluding carboxylic acids is 1. The van der Waals surface area contributed by atoms with E-state index in [4.69, 9.17) is 9.47 Å². The normalized spacial score (nSPS) is 14.1. The van der Waals surface area contributed by atoms with E-state index in [1.165, 1.54) is 5.56 Å². The molecule has 1 aliphatic rings. The van der Waals surface area contributed by atoms with Gasteiger partial charge in [-0.15, -0.1) is 0 Å². The highest BCUT2D eigenvalue weighted by Crippen LogP contribution is 2.29. The molecule has 0 aliphatic carbocycles. The first-order valence-corrected chi connectivity index (χ1v) is 11.2. The Labute approximate surface area is 190 Å². The highest BCUT2D eigenvalue weighted by Gasteiger charge is 2.10. The summed E-state index contributed by atoms with van der Waals surface area (Å²) in [5.74, 6) is 0.736. The van der Waals surface area contributed by atoms with E-state index in [0.29, 0.717) is 13.0 Å². The fourth-order valence-electron chi connectivity index (χ4n) is 3.79. The molecule has 5 heteroatoms. The Morgan fingerprint density at radius 3 is 2.41 bits per heavy atom. The molecule has 166 valence electrons. The SMILES string of the molecule is O=C(CCOc1ccccc1-c1ccccc1)Nc1ccc(CCN2CCOCC2)cc1. The van der Waals surface area contributed by atoms with Crippen LogP contribution in [-0.2, 0) is 16.0 Å². The van der Waals surface area contributed by atoms with Crippen LogP contribution >= 0.6 is 0 Å². The molecule has 1 amide bonds. The van der Waals surface area contributed by atoms with Crippen LogP contribution in [0.5, 0.6) is 5.75 Å². The van der Waals surface area contributed by atoms with E-state index in [1.54, 1.807) is 0 Å². The van der Waals surface area contributed by atoms with Crippen LogP contribution in [-0.4, -0.2) is 50.3 Å². The quantitative estimate of drug-likeness (QED) is 0.538. The molecule has 1 fully saturated rings. The Morgan fingerprint density at radius 1 is 0.906 bits per heavy atom. The third-order valence-corrected chi connectivity index (χ3v) is 5.62. The van der Waals surface area contributed by atoms with Gasteiger partial charge in [-0.2, -0.15) is 0 Å². The predicted octanol–water partition coefficient (Wildman–Crippen LogP) is 4.64. The van der Waals surface area contributed by atoms with Crippen molar-refractivity contribution in [1.82, 2.24) is 4.90 Å². The molecule has 3 aromatic carbocycles. The number of anilines is 1. The number of amides is 1. The van der Waals surface area contributed by atoms with Gasteiger partial charge in [-0.1, -0.05) is 60.7 Å².